The van der Waals surface area contributed by atoms with Crippen LogP contribution in [0.4, 0.5) is 0 Å². The molecular weight excluding hydrogens is 206 g/mol. The fourth-order valence-electron chi connectivity index (χ4n) is 1.45. The molecule has 0 unspecified atom stereocenters. The molecule has 0 atom stereocenters. The second-order valence-corrected chi connectivity index (χ2v) is 3.15. The third kappa shape index (κ3) is 1.98. The molecule has 0 spiro atoms. The summed E-state index contributed by atoms with van der Waals surface area (Å²) in [5, 5.41) is 10.4. The second kappa shape index (κ2) is 4.65. The van der Waals surface area contributed by atoms with Gasteiger partial charge in [-0.3, -0.25) is 0 Å². The van der Waals surface area contributed by atoms with Crippen LogP contribution in [0.1, 0.15) is 6.92 Å². The lowest BCUT2D eigenvalue weighted by atomic mass is 10.1. The van der Waals surface area contributed by atoms with E-state index in [1.165, 1.54) is 0 Å². The van der Waals surface area contributed by atoms with Gasteiger partial charge in [0.15, 0.2) is 11.5 Å². The zero-order valence-electron chi connectivity index (χ0n) is 9.23. The van der Waals surface area contributed by atoms with E-state index >= 15 is 0 Å². The number of rotatable bonds is 4. The second-order valence-electron chi connectivity index (χ2n) is 3.15. The number of methoxy groups -OCH3 is 1. The van der Waals surface area contributed by atoms with E-state index in [0.717, 1.165) is 11.3 Å². The van der Waals surface area contributed by atoms with Crippen LogP contribution in [0.2, 0.25) is 0 Å². The molecule has 1 aromatic carbocycles. The first-order valence-electron chi connectivity index (χ1n) is 5.02. The Morgan fingerprint density at radius 1 is 1.31 bits per heavy atom. The van der Waals surface area contributed by atoms with E-state index in [-0.39, 0.29) is 0 Å². The third-order valence-electron chi connectivity index (χ3n) is 2.17. The quantitative estimate of drug-likeness (QED) is 0.852. The highest BCUT2D eigenvalue weighted by atomic mass is 16.5. The van der Waals surface area contributed by atoms with Crippen LogP contribution < -0.4 is 9.47 Å². The van der Waals surface area contributed by atoms with E-state index in [4.69, 9.17) is 9.47 Å². The zero-order chi connectivity index (χ0) is 11.4. The molecule has 1 heterocycles. The van der Waals surface area contributed by atoms with Gasteiger partial charge >= 0.3 is 0 Å². The van der Waals surface area contributed by atoms with Gasteiger partial charge in [-0.2, -0.15) is 15.4 Å². The van der Waals surface area contributed by atoms with Crippen molar-refractivity contribution in [3.05, 3.63) is 24.4 Å². The number of nitrogens with one attached hydrogen (secondary N) is 1. The number of H-pyrrole nitrogens is 1. The van der Waals surface area contributed by atoms with E-state index in [1.807, 2.05) is 25.1 Å². The molecule has 5 heteroatoms. The van der Waals surface area contributed by atoms with Gasteiger partial charge in [0.1, 0.15) is 5.69 Å². The third-order valence-corrected chi connectivity index (χ3v) is 2.17. The molecule has 2 rings (SSSR count). The van der Waals surface area contributed by atoms with E-state index in [9.17, 15) is 0 Å². The predicted octanol–water partition coefficient (Wildman–Crippen LogP) is 1.88. The van der Waals surface area contributed by atoms with Gasteiger partial charge in [0.2, 0.25) is 0 Å². The number of benzene rings is 1. The van der Waals surface area contributed by atoms with Crippen LogP contribution in [0.25, 0.3) is 11.3 Å². The molecule has 16 heavy (non-hydrogen) atoms. The van der Waals surface area contributed by atoms with Crippen LogP contribution in [0.3, 0.4) is 0 Å². The Balaban J connectivity index is 2.39. The topological polar surface area (TPSA) is 60.0 Å². The molecule has 0 saturated carbocycles. The van der Waals surface area contributed by atoms with Gasteiger partial charge in [-0.05, 0) is 25.1 Å². The van der Waals surface area contributed by atoms with Crippen molar-refractivity contribution >= 4 is 0 Å². The highest BCUT2D eigenvalue weighted by molar-refractivity contribution is 5.62. The van der Waals surface area contributed by atoms with Gasteiger partial charge in [-0.15, -0.1) is 0 Å². The minimum absolute atomic E-state index is 0.596. The summed E-state index contributed by atoms with van der Waals surface area (Å²) in [4.78, 5) is 0. The number of ether oxygens (including phenoxy) is 2. The monoisotopic (exact) mass is 219 g/mol. The summed E-state index contributed by atoms with van der Waals surface area (Å²) in [5.41, 5.74) is 1.72. The van der Waals surface area contributed by atoms with Crippen molar-refractivity contribution < 1.29 is 9.47 Å². The molecule has 0 aliphatic heterocycles. The summed E-state index contributed by atoms with van der Waals surface area (Å²) >= 11 is 0. The molecule has 0 radical (unpaired) electrons. The molecule has 5 nitrogen and oxygen atoms in total. The lowest BCUT2D eigenvalue weighted by molar-refractivity contribution is 0.311. The van der Waals surface area contributed by atoms with Gasteiger partial charge in [0, 0.05) is 5.56 Å². The first-order valence-corrected chi connectivity index (χ1v) is 5.02. The predicted molar refractivity (Wildman–Crippen MR) is 59.5 cm³/mol. The summed E-state index contributed by atoms with van der Waals surface area (Å²) in [6, 6.07) is 5.66. The van der Waals surface area contributed by atoms with Crippen LogP contribution in [-0.4, -0.2) is 29.1 Å². The van der Waals surface area contributed by atoms with Crippen molar-refractivity contribution in [3.8, 4) is 22.8 Å². The Morgan fingerprint density at radius 2 is 2.19 bits per heavy atom. The summed E-state index contributed by atoms with van der Waals surface area (Å²) in [7, 11) is 1.62. The molecule has 1 aromatic heterocycles. The van der Waals surface area contributed by atoms with Gasteiger partial charge < -0.3 is 9.47 Å². The number of nitrogens with zero attached hydrogens (tertiary/aromatic N) is 2. The summed E-state index contributed by atoms with van der Waals surface area (Å²) in [5.74, 6) is 1.43. The summed E-state index contributed by atoms with van der Waals surface area (Å²) < 4.78 is 10.7. The Morgan fingerprint density at radius 3 is 2.81 bits per heavy atom. The average Bonchev–Trinajstić information content (AvgIpc) is 2.83. The van der Waals surface area contributed by atoms with Crippen LogP contribution in [0.15, 0.2) is 24.4 Å². The molecule has 0 fully saturated rings. The maximum absolute atomic E-state index is 5.48. The number of aromatic amines is 1. The number of aromatic nitrogens is 3. The number of hydrogen-bond acceptors (Lipinski definition) is 4. The van der Waals surface area contributed by atoms with E-state index in [2.05, 4.69) is 15.4 Å². The molecule has 84 valence electrons. The fourth-order valence-corrected chi connectivity index (χ4v) is 1.45. The minimum Gasteiger partial charge on any atom is -0.493 e. The Labute approximate surface area is 93.4 Å². The van der Waals surface area contributed by atoms with Crippen LogP contribution in [-0.2, 0) is 0 Å². The molecule has 2 aromatic rings. The molecule has 0 aliphatic carbocycles. The molecular formula is C11H13N3O2. The summed E-state index contributed by atoms with van der Waals surface area (Å²) in [6.07, 6.45) is 1.66. The minimum atomic E-state index is 0.596. The van der Waals surface area contributed by atoms with Gasteiger partial charge in [0.25, 0.3) is 0 Å². The normalized spacial score (nSPS) is 10.1. The molecule has 1 N–H and O–H groups in total. The molecule has 0 saturated heterocycles. The maximum Gasteiger partial charge on any atom is 0.161 e. The van der Waals surface area contributed by atoms with Crippen LogP contribution in [0, 0.1) is 0 Å². The van der Waals surface area contributed by atoms with Crippen molar-refractivity contribution in [2.75, 3.05) is 13.7 Å². The summed E-state index contributed by atoms with van der Waals surface area (Å²) in [6.45, 7) is 2.53. The van der Waals surface area contributed by atoms with Crippen molar-refractivity contribution in [1.29, 1.82) is 0 Å². The van der Waals surface area contributed by atoms with Crippen molar-refractivity contribution in [3.63, 3.8) is 0 Å². The standard InChI is InChI=1S/C11H13N3O2/c1-3-16-11-6-8(4-5-10(11)15-2)9-7-12-14-13-9/h4-7H,3H2,1-2H3,(H,12,13,14). The van der Waals surface area contributed by atoms with Gasteiger partial charge in [-0.25, -0.2) is 0 Å². The highest BCUT2D eigenvalue weighted by Gasteiger charge is 2.07. The Bertz CT molecular complexity index is 454. The lowest BCUT2D eigenvalue weighted by Gasteiger charge is -2.09. The SMILES string of the molecule is CCOc1cc(-c2cn[nH]n2)ccc1OC. The zero-order valence-corrected chi connectivity index (χ0v) is 9.23. The smallest absolute Gasteiger partial charge is 0.161 e. The van der Waals surface area contributed by atoms with Crippen molar-refractivity contribution in [1.82, 2.24) is 15.4 Å². The Kier molecular flexibility index (Phi) is 3.05. The van der Waals surface area contributed by atoms with Crippen LogP contribution in [0.5, 0.6) is 11.5 Å². The highest BCUT2D eigenvalue weighted by Crippen LogP contribution is 2.31. The average molecular weight is 219 g/mol. The van der Waals surface area contributed by atoms with Crippen molar-refractivity contribution in [2.24, 2.45) is 0 Å². The molecule has 0 aliphatic rings. The number of hydrogen-bond donors (Lipinski definition) is 1. The maximum atomic E-state index is 5.48. The van der Waals surface area contributed by atoms with Crippen molar-refractivity contribution in [2.45, 2.75) is 6.92 Å². The lowest BCUT2D eigenvalue weighted by Crippen LogP contribution is -1.95. The van der Waals surface area contributed by atoms with Gasteiger partial charge in [-0.1, -0.05) is 0 Å². The van der Waals surface area contributed by atoms with Gasteiger partial charge in [0.05, 0.1) is 19.9 Å². The molecule has 0 bridgehead atoms. The fraction of sp³-hybridized carbons (Fsp3) is 0.273. The van der Waals surface area contributed by atoms with E-state index in [0.29, 0.717) is 18.1 Å². The molecule has 0 amide bonds. The van der Waals surface area contributed by atoms with E-state index < -0.39 is 0 Å². The largest absolute Gasteiger partial charge is 0.493 e. The van der Waals surface area contributed by atoms with E-state index in [1.54, 1.807) is 13.3 Å². The Hall–Kier alpha value is -2.04. The first kappa shape index (κ1) is 10.5. The van der Waals surface area contributed by atoms with Crippen LogP contribution >= 0.6 is 0 Å². The first-order chi connectivity index (χ1) is 7.85.